The summed E-state index contributed by atoms with van der Waals surface area (Å²) >= 11 is 7.13. The first-order chi connectivity index (χ1) is 17.3. The van der Waals surface area contributed by atoms with E-state index in [1.807, 2.05) is 12.1 Å². The summed E-state index contributed by atoms with van der Waals surface area (Å²) < 4.78 is 61.0. The van der Waals surface area contributed by atoms with E-state index in [0.717, 1.165) is 38.0 Å². The van der Waals surface area contributed by atoms with E-state index in [0.29, 0.717) is 24.5 Å². The number of carboxylic acid groups (broad SMARTS) is 1. The summed E-state index contributed by atoms with van der Waals surface area (Å²) in [5.74, 6) is -2.98. The van der Waals surface area contributed by atoms with Gasteiger partial charge in [-0.15, -0.1) is 11.3 Å². The molecule has 0 spiro atoms. The van der Waals surface area contributed by atoms with E-state index >= 15 is 0 Å². The van der Waals surface area contributed by atoms with Crippen molar-refractivity contribution in [3.05, 3.63) is 59.5 Å². The lowest BCUT2D eigenvalue weighted by atomic mass is 10.3. The largest absolute Gasteiger partial charge is 0.490 e. The normalized spacial score (nSPS) is 16.3. The monoisotopic (exact) mass is 574 g/mol. The number of carbonyl (C=O) groups is 2. The molecule has 1 amide bonds. The number of benzene rings is 1. The van der Waals surface area contributed by atoms with Crippen molar-refractivity contribution in [2.45, 2.75) is 29.4 Å². The van der Waals surface area contributed by atoms with Gasteiger partial charge in [0.1, 0.15) is 10.3 Å². The van der Waals surface area contributed by atoms with Crippen molar-refractivity contribution in [3.8, 4) is 0 Å². The highest BCUT2D eigenvalue weighted by Crippen LogP contribution is 2.31. The summed E-state index contributed by atoms with van der Waals surface area (Å²) in [6.07, 6.45) is -1.20. The molecule has 1 fully saturated rings. The second-order valence-electron chi connectivity index (χ2n) is 8.03. The van der Waals surface area contributed by atoms with Crippen molar-refractivity contribution in [2.24, 2.45) is 0 Å². The molecule has 37 heavy (non-hydrogen) atoms. The lowest BCUT2D eigenvalue weighted by molar-refractivity contribution is -0.192. The molecule has 4 aromatic rings. The van der Waals surface area contributed by atoms with Gasteiger partial charge in [0.25, 0.3) is 10.0 Å². The van der Waals surface area contributed by atoms with Crippen LogP contribution in [0.3, 0.4) is 0 Å². The Bertz CT molecular complexity index is 1550. The maximum atomic E-state index is 12.9. The van der Waals surface area contributed by atoms with Crippen molar-refractivity contribution in [3.63, 3.8) is 0 Å². The number of thiophene rings is 1. The zero-order chi connectivity index (χ0) is 27.0. The van der Waals surface area contributed by atoms with Gasteiger partial charge in [0.05, 0.1) is 18.3 Å². The highest BCUT2D eigenvalue weighted by molar-refractivity contribution is 7.91. The molecule has 3 aromatic heterocycles. The molecule has 1 aliphatic rings. The number of fused-ring (bicyclic) bond motifs is 2. The van der Waals surface area contributed by atoms with Gasteiger partial charge in [0, 0.05) is 33.5 Å². The number of sulfonamides is 1. The zero-order valence-electron chi connectivity index (χ0n) is 18.6. The molecule has 196 valence electrons. The Kier molecular flexibility index (Phi) is 7.46. The van der Waals surface area contributed by atoms with Gasteiger partial charge >= 0.3 is 12.1 Å². The molecule has 0 radical (unpaired) electrons. The molecule has 3 N–H and O–H groups in total. The molecule has 0 bridgehead atoms. The Morgan fingerprint density at radius 1 is 1.24 bits per heavy atom. The zero-order valence-corrected chi connectivity index (χ0v) is 21.0. The van der Waals surface area contributed by atoms with Crippen LogP contribution < -0.4 is 4.72 Å². The van der Waals surface area contributed by atoms with Gasteiger partial charge in [0.15, 0.2) is 0 Å². The molecule has 1 aromatic carbocycles. The van der Waals surface area contributed by atoms with Gasteiger partial charge in [-0.05, 0) is 42.1 Å². The van der Waals surface area contributed by atoms with Gasteiger partial charge in [-0.2, -0.15) is 17.9 Å². The summed E-state index contributed by atoms with van der Waals surface area (Å²) in [6, 6.07) is 9.95. The van der Waals surface area contributed by atoms with Crippen LogP contribution in [0.15, 0.2) is 53.0 Å². The molecule has 0 aliphatic carbocycles. The van der Waals surface area contributed by atoms with Gasteiger partial charge in [0.2, 0.25) is 5.91 Å². The molecule has 1 atom stereocenters. The summed E-state index contributed by atoms with van der Waals surface area (Å²) in [6.45, 7) is 0.884. The number of amides is 1. The third-order valence-electron chi connectivity index (χ3n) is 5.40. The molecule has 1 saturated heterocycles. The van der Waals surface area contributed by atoms with Crippen LogP contribution in [0.5, 0.6) is 0 Å². The molecule has 0 unspecified atom stereocenters. The lowest BCUT2D eigenvalue weighted by Gasteiger charge is -2.16. The van der Waals surface area contributed by atoms with Crippen LogP contribution in [0, 0.1) is 0 Å². The second kappa shape index (κ2) is 10.3. The van der Waals surface area contributed by atoms with E-state index in [-0.39, 0.29) is 10.1 Å². The Hall–Kier alpha value is -3.20. The summed E-state index contributed by atoms with van der Waals surface area (Å²) in [7, 11) is -3.81. The van der Waals surface area contributed by atoms with Gasteiger partial charge < -0.3 is 15.0 Å². The summed E-state index contributed by atoms with van der Waals surface area (Å²) in [5.41, 5.74) is 1.79. The van der Waals surface area contributed by atoms with E-state index in [4.69, 9.17) is 21.5 Å². The average Bonchev–Trinajstić information content (AvgIpc) is 3.51. The van der Waals surface area contributed by atoms with Crippen molar-refractivity contribution in [2.75, 3.05) is 6.54 Å². The number of pyridine rings is 1. The number of H-pyrrole nitrogens is 1. The number of aliphatic carboxylic acids is 1. The lowest BCUT2D eigenvalue weighted by Crippen LogP contribution is -2.41. The fourth-order valence-electron chi connectivity index (χ4n) is 3.69. The number of likely N-dealkylation sites (tertiary alicyclic amines) is 1. The van der Waals surface area contributed by atoms with Crippen molar-refractivity contribution in [1.29, 1.82) is 0 Å². The Morgan fingerprint density at radius 3 is 2.65 bits per heavy atom. The number of nitrogens with one attached hydrogen (secondary N) is 2. The highest BCUT2D eigenvalue weighted by atomic mass is 35.5. The first kappa shape index (κ1) is 26.9. The molecular weight excluding hydrogens is 557 g/mol. The fraction of sp³-hybridized carbons (Fsp3) is 0.227. The van der Waals surface area contributed by atoms with Crippen molar-refractivity contribution in [1.82, 2.24) is 19.6 Å². The van der Waals surface area contributed by atoms with Crippen LogP contribution in [0.25, 0.3) is 21.0 Å². The van der Waals surface area contributed by atoms with E-state index < -0.39 is 28.2 Å². The molecule has 15 heteroatoms. The average molecular weight is 575 g/mol. The molecule has 4 heterocycles. The van der Waals surface area contributed by atoms with Crippen LogP contribution in [0.4, 0.5) is 13.2 Å². The maximum Gasteiger partial charge on any atom is 0.490 e. The van der Waals surface area contributed by atoms with Crippen LogP contribution in [-0.4, -0.2) is 59.0 Å². The first-order valence-electron chi connectivity index (χ1n) is 10.6. The standard InChI is InChI=1S/C20H17ClN4O3S2.C2HF3O2/c21-14-2-1-13-8-19(29-18(13)9-14)30(27,28)24-16-4-6-25(20(16)26)11-15-7-12-3-5-22-10-17(12)23-15;3-2(4,5)1(6)7/h1-3,5,7-10,16,23-24H,4,6,11H2;(H,6,7)/t16-;/m0./s1. The van der Waals surface area contributed by atoms with Crippen molar-refractivity contribution >= 4 is 65.8 Å². The number of aromatic amines is 1. The SMILES string of the molecule is O=C(O)C(F)(F)F.O=C1[C@@H](NS(=O)(=O)c2cc3ccc(Cl)cc3s2)CCN1Cc1cc2ccncc2[nH]1. The van der Waals surface area contributed by atoms with Crippen LogP contribution in [0.2, 0.25) is 5.02 Å². The van der Waals surface area contributed by atoms with E-state index in [9.17, 15) is 26.4 Å². The molecule has 5 rings (SSSR count). The minimum absolute atomic E-state index is 0.175. The first-order valence-corrected chi connectivity index (χ1v) is 13.2. The van der Waals surface area contributed by atoms with Gasteiger partial charge in [-0.3, -0.25) is 9.78 Å². The van der Waals surface area contributed by atoms with Gasteiger partial charge in [-0.1, -0.05) is 17.7 Å². The number of alkyl halides is 3. The predicted octanol–water partition coefficient (Wildman–Crippen LogP) is 4.14. The second-order valence-corrected chi connectivity index (χ2v) is 11.5. The number of halogens is 4. The third-order valence-corrected chi connectivity index (χ3v) is 8.68. The maximum absolute atomic E-state index is 12.9. The van der Waals surface area contributed by atoms with Crippen LogP contribution in [-0.2, 0) is 26.2 Å². The topological polar surface area (TPSA) is 132 Å². The number of carboxylic acids is 1. The quantitative estimate of drug-likeness (QED) is 0.328. The van der Waals surface area contributed by atoms with Gasteiger partial charge in [-0.25, -0.2) is 13.2 Å². The summed E-state index contributed by atoms with van der Waals surface area (Å²) in [4.78, 5) is 30.7. The Labute approximate surface area is 216 Å². The minimum atomic E-state index is -5.08. The smallest absolute Gasteiger partial charge is 0.475 e. The summed E-state index contributed by atoms with van der Waals surface area (Å²) in [5, 5.41) is 9.50. The third kappa shape index (κ3) is 6.21. The number of nitrogens with zero attached hydrogens (tertiary/aromatic N) is 2. The Morgan fingerprint density at radius 2 is 1.97 bits per heavy atom. The molecule has 9 nitrogen and oxygen atoms in total. The number of aromatic nitrogens is 2. The molecule has 1 aliphatic heterocycles. The van der Waals surface area contributed by atoms with Crippen LogP contribution >= 0.6 is 22.9 Å². The fourth-order valence-corrected chi connectivity index (χ4v) is 6.60. The number of hydrogen-bond acceptors (Lipinski definition) is 6. The van der Waals surface area contributed by atoms with E-state index in [2.05, 4.69) is 14.7 Å². The number of hydrogen-bond donors (Lipinski definition) is 3. The van der Waals surface area contributed by atoms with E-state index in [1.165, 1.54) is 0 Å². The van der Waals surface area contributed by atoms with E-state index in [1.54, 1.807) is 41.6 Å². The van der Waals surface area contributed by atoms with Crippen LogP contribution in [0.1, 0.15) is 12.1 Å². The molecular formula is C22H18ClF3N4O5S2. The predicted molar refractivity (Wildman–Crippen MR) is 131 cm³/mol. The minimum Gasteiger partial charge on any atom is -0.475 e. The van der Waals surface area contributed by atoms with Crippen molar-refractivity contribution < 1.29 is 36.3 Å². The Balaban J connectivity index is 0.000000405. The number of rotatable bonds is 5. The molecule has 0 saturated carbocycles. The highest BCUT2D eigenvalue weighted by Gasteiger charge is 2.38. The number of carbonyl (C=O) groups excluding carboxylic acids is 1.